The molecule has 0 N–H and O–H groups in total. The number of methoxy groups -OCH3 is 1. The van der Waals surface area contributed by atoms with Crippen molar-refractivity contribution in [3.8, 4) is 16.9 Å². The zero-order chi connectivity index (χ0) is 23.7. The molecule has 174 valence electrons. The SMILES string of the molecule is COc1cccc(-c2cnc(N(C)C)nc2[C@@H]2CCCN2C(=O)c2c(C(C)C)noc2C)c1. The molecule has 2 aromatic heterocycles. The van der Waals surface area contributed by atoms with Crippen molar-refractivity contribution in [2.75, 3.05) is 32.6 Å². The summed E-state index contributed by atoms with van der Waals surface area (Å²) in [5.74, 6) is 1.96. The molecule has 33 heavy (non-hydrogen) atoms. The van der Waals surface area contributed by atoms with E-state index in [0.29, 0.717) is 29.5 Å². The van der Waals surface area contributed by atoms with Crippen LogP contribution in [-0.2, 0) is 0 Å². The van der Waals surface area contributed by atoms with Gasteiger partial charge in [-0.15, -0.1) is 0 Å². The molecule has 1 aliphatic rings. The lowest BCUT2D eigenvalue weighted by atomic mass is 9.98. The van der Waals surface area contributed by atoms with Gasteiger partial charge in [0.2, 0.25) is 5.95 Å². The minimum Gasteiger partial charge on any atom is -0.497 e. The number of likely N-dealkylation sites (tertiary alicyclic amines) is 1. The first-order chi connectivity index (χ1) is 15.8. The van der Waals surface area contributed by atoms with E-state index in [2.05, 4.69) is 10.1 Å². The smallest absolute Gasteiger partial charge is 0.259 e. The number of anilines is 1. The third-order valence-electron chi connectivity index (χ3n) is 6.07. The first-order valence-electron chi connectivity index (χ1n) is 11.3. The summed E-state index contributed by atoms with van der Waals surface area (Å²) in [4.78, 5) is 27.0. The number of benzene rings is 1. The van der Waals surface area contributed by atoms with E-state index in [4.69, 9.17) is 14.2 Å². The number of amides is 1. The number of nitrogens with zero attached hydrogens (tertiary/aromatic N) is 5. The lowest BCUT2D eigenvalue weighted by Crippen LogP contribution is -2.32. The molecule has 0 spiro atoms. The molecule has 3 aromatic rings. The third kappa shape index (κ3) is 4.29. The standard InChI is InChI=1S/C25H31N5O3/c1-15(2)22-21(16(3)33-28-22)24(31)30-12-8-11-20(30)23-19(14-26-25(27-23)29(4)5)17-9-7-10-18(13-17)32-6/h7,9-10,13-15,20H,8,11-12H2,1-6H3/t20-/m0/s1. The predicted molar refractivity (Wildman–Crippen MR) is 127 cm³/mol. The van der Waals surface area contributed by atoms with Gasteiger partial charge >= 0.3 is 0 Å². The Balaban J connectivity index is 1.81. The van der Waals surface area contributed by atoms with Crippen molar-refractivity contribution in [2.24, 2.45) is 0 Å². The van der Waals surface area contributed by atoms with Gasteiger partial charge in [-0.25, -0.2) is 9.97 Å². The van der Waals surface area contributed by atoms with Gasteiger partial charge in [-0.3, -0.25) is 4.79 Å². The summed E-state index contributed by atoms with van der Waals surface area (Å²) in [6, 6.07) is 7.67. The Bertz CT molecular complexity index is 1150. The van der Waals surface area contributed by atoms with E-state index in [-0.39, 0.29) is 17.9 Å². The van der Waals surface area contributed by atoms with E-state index in [9.17, 15) is 4.79 Å². The highest BCUT2D eigenvalue weighted by molar-refractivity contribution is 5.97. The van der Waals surface area contributed by atoms with Crippen molar-refractivity contribution in [3.63, 3.8) is 0 Å². The Morgan fingerprint density at radius 1 is 1.30 bits per heavy atom. The van der Waals surface area contributed by atoms with Crippen LogP contribution in [0.3, 0.4) is 0 Å². The van der Waals surface area contributed by atoms with E-state index >= 15 is 0 Å². The number of hydrogen-bond donors (Lipinski definition) is 0. The quantitative estimate of drug-likeness (QED) is 0.543. The van der Waals surface area contributed by atoms with Crippen LogP contribution in [0, 0.1) is 6.92 Å². The second-order valence-electron chi connectivity index (χ2n) is 8.91. The van der Waals surface area contributed by atoms with Crippen LogP contribution in [0.15, 0.2) is 35.0 Å². The number of aryl methyl sites for hydroxylation is 1. The number of carbonyl (C=O) groups is 1. The molecular weight excluding hydrogens is 418 g/mol. The molecule has 1 aromatic carbocycles. The second-order valence-corrected chi connectivity index (χ2v) is 8.91. The average molecular weight is 450 g/mol. The molecule has 0 saturated carbocycles. The Morgan fingerprint density at radius 2 is 2.09 bits per heavy atom. The van der Waals surface area contributed by atoms with E-state index in [0.717, 1.165) is 35.4 Å². The Labute approximate surface area is 194 Å². The van der Waals surface area contributed by atoms with Crippen LogP contribution in [-0.4, -0.2) is 53.7 Å². The highest BCUT2D eigenvalue weighted by Crippen LogP contribution is 2.39. The molecule has 1 amide bonds. The van der Waals surface area contributed by atoms with Gasteiger partial charge in [-0.05, 0) is 43.4 Å². The van der Waals surface area contributed by atoms with Crippen LogP contribution in [0.4, 0.5) is 5.95 Å². The molecular formula is C25H31N5O3. The number of rotatable bonds is 6. The fourth-order valence-electron chi connectivity index (χ4n) is 4.35. The zero-order valence-electron chi connectivity index (χ0n) is 20.1. The van der Waals surface area contributed by atoms with Gasteiger partial charge in [0.05, 0.1) is 24.5 Å². The molecule has 0 radical (unpaired) electrons. The fraction of sp³-hybridized carbons (Fsp3) is 0.440. The normalized spacial score (nSPS) is 15.8. The molecule has 1 aliphatic heterocycles. The van der Waals surface area contributed by atoms with Crippen molar-refractivity contribution >= 4 is 11.9 Å². The highest BCUT2D eigenvalue weighted by Gasteiger charge is 2.37. The summed E-state index contributed by atoms with van der Waals surface area (Å²) in [6.45, 7) is 6.49. The van der Waals surface area contributed by atoms with Gasteiger partial charge in [0, 0.05) is 32.4 Å². The molecule has 4 rings (SSSR count). The van der Waals surface area contributed by atoms with Crippen molar-refractivity contribution in [3.05, 3.63) is 53.2 Å². The fourth-order valence-corrected chi connectivity index (χ4v) is 4.35. The zero-order valence-corrected chi connectivity index (χ0v) is 20.1. The summed E-state index contributed by atoms with van der Waals surface area (Å²) >= 11 is 0. The van der Waals surface area contributed by atoms with E-state index in [1.54, 1.807) is 14.0 Å². The second kappa shape index (κ2) is 9.21. The molecule has 1 atom stereocenters. The van der Waals surface area contributed by atoms with Gasteiger partial charge in [0.25, 0.3) is 5.91 Å². The maximum absolute atomic E-state index is 13.8. The Morgan fingerprint density at radius 3 is 2.79 bits per heavy atom. The number of hydrogen-bond acceptors (Lipinski definition) is 7. The maximum atomic E-state index is 13.8. The lowest BCUT2D eigenvalue weighted by Gasteiger charge is -2.27. The molecule has 0 aliphatic carbocycles. The largest absolute Gasteiger partial charge is 0.497 e. The van der Waals surface area contributed by atoms with E-state index in [1.807, 2.05) is 68.2 Å². The number of carbonyl (C=O) groups excluding carboxylic acids is 1. The van der Waals surface area contributed by atoms with Gasteiger partial charge < -0.3 is 19.1 Å². The van der Waals surface area contributed by atoms with Crippen LogP contribution in [0.25, 0.3) is 11.1 Å². The first-order valence-corrected chi connectivity index (χ1v) is 11.3. The summed E-state index contributed by atoms with van der Waals surface area (Å²) in [7, 11) is 5.48. The van der Waals surface area contributed by atoms with E-state index < -0.39 is 0 Å². The summed E-state index contributed by atoms with van der Waals surface area (Å²) in [5, 5.41) is 4.16. The molecule has 3 heterocycles. The predicted octanol–water partition coefficient (Wildman–Crippen LogP) is 4.62. The molecule has 0 bridgehead atoms. The van der Waals surface area contributed by atoms with Crippen molar-refractivity contribution in [1.29, 1.82) is 0 Å². The lowest BCUT2D eigenvalue weighted by molar-refractivity contribution is 0.0730. The molecule has 1 fully saturated rings. The molecule has 8 nitrogen and oxygen atoms in total. The average Bonchev–Trinajstić information content (AvgIpc) is 3.45. The van der Waals surface area contributed by atoms with Crippen LogP contribution < -0.4 is 9.64 Å². The van der Waals surface area contributed by atoms with Crippen LogP contribution in [0.2, 0.25) is 0 Å². The monoisotopic (exact) mass is 449 g/mol. The maximum Gasteiger partial charge on any atom is 0.259 e. The van der Waals surface area contributed by atoms with Crippen LogP contribution in [0.1, 0.15) is 66.2 Å². The number of aromatic nitrogens is 3. The van der Waals surface area contributed by atoms with Gasteiger partial charge in [-0.1, -0.05) is 31.1 Å². The summed E-state index contributed by atoms with van der Waals surface area (Å²) < 4.78 is 10.8. The van der Waals surface area contributed by atoms with Crippen LogP contribution in [0.5, 0.6) is 5.75 Å². The Kier molecular flexibility index (Phi) is 6.35. The van der Waals surface area contributed by atoms with Crippen molar-refractivity contribution < 1.29 is 14.1 Å². The Hall–Kier alpha value is -3.42. The van der Waals surface area contributed by atoms with Crippen molar-refractivity contribution in [1.82, 2.24) is 20.0 Å². The third-order valence-corrected chi connectivity index (χ3v) is 6.07. The topological polar surface area (TPSA) is 84.6 Å². The molecule has 0 unspecified atom stereocenters. The minimum atomic E-state index is -0.172. The molecule has 1 saturated heterocycles. The van der Waals surface area contributed by atoms with Crippen molar-refractivity contribution in [2.45, 2.75) is 45.6 Å². The van der Waals surface area contributed by atoms with Gasteiger partial charge in [0.15, 0.2) is 0 Å². The minimum absolute atomic E-state index is 0.0541. The van der Waals surface area contributed by atoms with Gasteiger partial charge in [0.1, 0.15) is 17.1 Å². The first kappa shape index (κ1) is 22.8. The highest BCUT2D eigenvalue weighted by atomic mass is 16.5. The van der Waals surface area contributed by atoms with Crippen LogP contribution >= 0.6 is 0 Å². The molecule has 8 heteroatoms. The van der Waals surface area contributed by atoms with E-state index in [1.165, 1.54) is 0 Å². The van der Waals surface area contributed by atoms with Gasteiger partial charge in [-0.2, -0.15) is 0 Å². The number of ether oxygens (including phenoxy) is 1. The summed E-state index contributed by atoms with van der Waals surface area (Å²) in [6.07, 6.45) is 3.57. The summed E-state index contributed by atoms with van der Waals surface area (Å²) in [5.41, 5.74) is 3.97.